The van der Waals surface area contributed by atoms with Crippen LogP contribution < -0.4 is 5.32 Å². The van der Waals surface area contributed by atoms with Gasteiger partial charge >= 0.3 is 12.0 Å². The summed E-state index contributed by atoms with van der Waals surface area (Å²) in [5, 5.41) is 6.66. The van der Waals surface area contributed by atoms with Crippen molar-refractivity contribution in [3.8, 4) is 0 Å². The molecule has 0 aliphatic carbocycles. The van der Waals surface area contributed by atoms with E-state index in [4.69, 9.17) is 4.74 Å². The number of hydrogen-bond donors (Lipinski definition) is 1. The van der Waals surface area contributed by atoms with E-state index in [0.29, 0.717) is 17.1 Å². The number of carbonyl (C=O) groups excluding carboxylic acids is 2. The lowest BCUT2D eigenvalue weighted by molar-refractivity contribution is 0.0607. The number of ether oxygens (including phenoxy) is 1. The van der Waals surface area contributed by atoms with Gasteiger partial charge < -0.3 is 15.0 Å². The van der Waals surface area contributed by atoms with Gasteiger partial charge in [0.2, 0.25) is 0 Å². The van der Waals surface area contributed by atoms with E-state index in [9.17, 15) is 9.59 Å². The number of nitrogens with zero attached hydrogens (tertiary/aromatic N) is 1. The number of fused-ring (bicyclic) bond motifs is 1. The Labute approximate surface area is 136 Å². The van der Waals surface area contributed by atoms with Crippen LogP contribution in [0.15, 0.2) is 22.9 Å². The SMILES string of the molecule is COC(=O)c1sccc1NC(=O)N1CCc2sccc2[C@@H]1C. The molecule has 1 N–H and O–H groups in total. The van der Waals surface area contributed by atoms with Gasteiger partial charge in [-0.2, -0.15) is 0 Å². The van der Waals surface area contributed by atoms with Crippen molar-refractivity contribution in [2.75, 3.05) is 19.0 Å². The summed E-state index contributed by atoms with van der Waals surface area (Å²) >= 11 is 3.00. The Hall–Kier alpha value is -1.86. The molecule has 5 nitrogen and oxygen atoms in total. The maximum Gasteiger partial charge on any atom is 0.350 e. The summed E-state index contributed by atoms with van der Waals surface area (Å²) in [6.45, 7) is 2.71. The Bertz CT molecular complexity index is 707. The van der Waals surface area contributed by atoms with E-state index < -0.39 is 5.97 Å². The number of hydrogen-bond acceptors (Lipinski definition) is 5. The molecule has 0 bridgehead atoms. The first kappa shape index (κ1) is 15.1. The van der Waals surface area contributed by atoms with Crippen LogP contribution in [0.4, 0.5) is 10.5 Å². The molecule has 116 valence electrons. The van der Waals surface area contributed by atoms with Crippen LogP contribution in [-0.4, -0.2) is 30.6 Å². The van der Waals surface area contributed by atoms with Gasteiger partial charge in [-0.05, 0) is 41.8 Å². The third-order valence-corrected chi connectivity index (χ3v) is 5.71. The highest BCUT2D eigenvalue weighted by molar-refractivity contribution is 7.12. The number of methoxy groups -OCH3 is 1. The Balaban J connectivity index is 1.76. The van der Waals surface area contributed by atoms with Crippen LogP contribution >= 0.6 is 22.7 Å². The van der Waals surface area contributed by atoms with Crippen molar-refractivity contribution in [3.05, 3.63) is 38.2 Å². The molecular formula is C15H16N2O3S2. The Kier molecular flexibility index (Phi) is 4.17. The largest absolute Gasteiger partial charge is 0.465 e. The average molecular weight is 336 g/mol. The van der Waals surface area contributed by atoms with Gasteiger partial charge in [-0.15, -0.1) is 22.7 Å². The predicted octanol–water partition coefficient (Wildman–Crippen LogP) is 3.75. The number of rotatable bonds is 2. The highest BCUT2D eigenvalue weighted by atomic mass is 32.1. The van der Waals surface area contributed by atoms with E-state index in [-0.39, 0.29) is 12.1 Å². The number of nitrogens with one attached hydrogen (secondary N) is 1. The van der Waals surface area contributed by atoms with Crippen LogP contribution in [0.5, 0.6) is 0 Å². The second-order valence-electron chi connectivity index (χ2n) is 5.00. The van der Waals surface area contributed by atoms with Crippen molar-refractivity contribution in [2.24, 2.45) is 0 Å². The normalized spacial score (nSPS) is 17.0. The quantitative estimate of drug-likeness (QED) is 0.850. The molecular weight excluding hydrogens is 320 g/mol. The molecule has 0 radical (unpaired) electrons. The third kappa shape index (κ3) is 2.62. The van der Waals surface area contributed by atoms with Gasteiger partial charge in [-0.1, -0.05) is 0 Å². The molecule has 3 rings (SSSR count). The highest BCUT2D eigenvalue weighted by Gasteiger charge is 2.29. The molecule has 0 spiro atoms. The first-order valence-corrected chi connectivity index (χ1v) is 8.67. The van der Waals surface area contributed by atoms with Crippen LogP contribution in [0, 0.1) is 0 Å². The van der Waals surface area contributed by atoms with E-state index in [1.54, 1.807) is 27.7 Å². The second kappa shape index (κ2) is 6.10. The Morgan fingerprint density at radius 2 is 2.09 bits per heavy atom. The van der Waals surface area contributed by atoms with Crippen LogP contribution in [0.3, 0.4) is 0 Å². The number of esters is 1. The lowest BCUT2D eigenvalue weighted by Crippen LogP contribution is -2.41. The minimum atomic E-state index is -0.433. The maximum atomic E-state index is 12.5. The summed E-state index contributed by atoms with van der Waals surface area (Å²) in [6, 6.07) is 3.65. The predicted molar refractivity (Wildman–Crippen MR) is 87.8 cm³/mol. The van der Waals surface area contributed by atoms with Crippen molar-refractivity contribution >= 4 is 40.4 Å². The molecule has 2 aromatic heterocycles. The maximum absolute atomic E-state index is 12.5. The van der Waals surface area contributed by atoms with Gasteiger partial charge in [0.05, 0.1) is 18.8 Å². The third-order valence-electron chi connectivity index (χ3n) is 3.82. The van der Waals surface area contributed by atoms with E-state index in [2.05, 4.69) is 16.8 Å². The fourth-order valence-electron chi connectivity index (χ4n) is 2.63. The molecule has 0 saturated carbocycles. The molecule has 0 saturated heterocycles. The summed E-state index contributed by atoms with van der Waals surface area (Å²) in [4.78, 5) is 27.8. The van der Waals surface area contributed by atoms with Crippen molar-refractivity contribution in [1.29, 1.82) is 0 Å². The van der Waals surface area contributed by atoms with Crippen molar-refractivity contribution < 1.29 is 14.3 Å². The van der Waals surface area contributed by atoms with Gasteiger partial charge in [0.1, 0.15) is 4.88 Å². The molecule has 2 amide bonds. The van der Waals surface area contributed by atoms with E-state index in [0.717, 1.165) is 6.42 Å². The minimum Gasteiger partial charge on any atom is -0.465 e. The monoisotopic (exact) mass is 336 g/mol. The summed E-state index contributed by atoms with van der Waals surface area (Å²) in [5.41, 5.74) is 1.72. The van der Waals surface area contributed by atoms with Gasteiger partial charge in [-0.25, -0.2) is 9.59 Å². The average Bonchev–Trinajstić information content (AvgIpc) is 3.15. The molecule has 3 heterocycles. The highest BCUT2D eigenvalue weighted by Crippen LogP contribution is 2.33. The lowest BCUT2D eigenvalue weighted by atomic mass is 10.0. The molecule has 0 aromatic carbocycles. The zero-order valence-electron chi connectivity index (χ0n) is 12.3. The number of urea groups is 1. The van der Waals surface area contributed by atoms with Gasteiger partial charge in [0.25, 0.3) is 0 Å². The number of amides is 2. The second-order valence-corrected chi connectivity index (χ2v) is 6.92. The fraction of sp³-hybridized carbons (Fsp3) is 0.333. The van der Waals surface area contributed by atoms with Gasteiger partial charge in [0.15, 0.2) is 0 Å². The minimum absolute atomic E-state index is 0.0372. The smallest absolute Gasteiger partial charge is 0.350 e. The Morgan fingerprint density at radius 3 is 2.86 bits per heavy atom. The first-order chi connectivity index (χ1) is 10.6. The first-order valence-electron chi connectivity index (χ1n) is 6.91. The van der Waals surface area contributed by atoms with Crippen LogP contribution in [0.2, 0.25) is 0 Å². The standard InChI is InChI=1S/C15H16N2O3S2/c1-9-10-4-7-21-12(10)3-6-17(9)15(19)16-11-5-8-22-13(11)14(18)20-2/h4-5,7-9H,3,6H2,1-2H3,(H,16,19)/t9-/m0/s1. The molecule has 2 aromatic rings. The van der Waals surface area contributed by atoms with Gasteiger partial charge in [-0.3, -0.25) is 0 Å². The van der Waals surface area contributed by atoms with Crippen LogP contribution in [0.25, 0.3) is 0 Å². The van der Waals surface area contributed by atoms with E-state index >= 15 is 0 Å². The zero-order chi connectivity index (χ0) is 15.7. The molecule has 22 heavy (non-hydrogen) atoms. The molecule has 0 fully saturated rings. The van der Waals surface area contributed by atoms with E-state index in [1.807, 2.05) is 6.92 Å². The summed E-state index contributed by atoms with van der Waals surface area (Å²) in [6.07, 6.45) is 0.873. The summed E-state index contributed by atoms with van der Waals surface area (Å²) < 4.78 is 4.73. The van der Waals surface area contributed by atoms with Crippen molar-refractivity contribution in [1.82, 2.24) is 4.90 Å². The molecule has 1 aliphatic heterocycles. The molecule has 1 aliphatic rings. The summed E-state index contributed by atoms with van der Waals surface area (Å²) in [5.74, 6) is -0.433. The van der Waals surface area contributed by atoms with Gasteiger partial charge in [0, 0.05) is 11.4 Å². The lowest BCUT2D eigenvalue weighted by Gasteiger charge is -2.33. The fourth-order valence-corrected chi connectivity index (χ4v) is 4.36. The molecule has 7 heteroatoms. The zero-order valence-corrected chi connectivity index (χ0v) is 13.9. The van der Waals surface area contributed by atoms with E-state index in [1.165, 1.54) is 28.9 Å². The van der Waals surface area contributed by atoms with Crippen LogP contribution in [0.1, 0.15) is 33.1 Å². The van der Waals surface area contributed by atoms with Crippen molar-refractivity contribution in [3.63, 3.8) is 0 Å². The van der Waals surface area contributed by atoms with Crippen molar-refractivity contribution in [2.45, 2.75) is 19.4 Å². The molecule has 0 unspecified atom stereocenters. The number of carbonyl (C=O) groups is 2. The summed E-state index contributed by atoms with van der Waals surface area (Å²) in [7, 11) is 1.33. The Morgan fingerprint density at radius 1 is 1.32 bits per heavy atom. The topological polar surface area (TPSA) is 58.6 Å². The number of anilines is 1. The number of thiophene rings is 2. The van der Waals surface area contributed by atoms with Crippen LogP contribution in [-0.2, 0) is 11.2 Å². The molecule has 1 atom stereocenters.